The fourth-order valence-corrected chi connectivity index (χ4v) is 4.93. The highest BCUT2D eigenvalue weighted by atomic mass is 16.1. The minimum absolute atomic E-state index is 0.0471. The van der Waals surface area contributed by atoms with Gasteiger partial charge in [0.15, 0.2) is 0 Å². The molecule has 0 saturated carbocycles. The number of nitrogens with one attached hydrogen (secondary N) is 1. The van der Waals surface area contributed by atoms with E-state index in [0.717, 1.165) is 37.9 Å². The summed E-state index contributed by atoms with van der Waals surface area (Å²) in [4.78, 5) is 21.8. The summed E-state index contributed by atoms with van der Waals surface area (Å²) in [6.07, 6.45) is 8.67. The summed E-state index contributed by atoms with van der Waals surface area (Å²) < 4.78 is 0. The van der Waals surface area contributed by atoms with Gasteiger partial charge in [-0.15, -0.1) is 0 Å². The van der Waals surface area contributed by atoms with Crippen LogP contribution in [0.3, 0.4) is 0 Å². The topological polar surface area (TPSA) is 75.0 Å². The van der Waals surface area contributed by atoms with E-state index < -0.39 is 0 Å². The molecule has 174 valence electrons. The molecule has 5 heteroatoms. The molecule has 0 bridgehead atoms. The first-order valence-electron chi connectivity index (χ1n) is 12.1. The van der Waals surface area contributed by atoms with Gasteiger partial charge in [0, 0.05) is 43.2 Å². The summed E-state index contributed by atoms with van der Waals surface area (Å²) in [6, 6.07) is 10.8. The Hall–Kier alpha value is -2.92. The Balaban J connectivity index is 1.64. The molecule has 1 fully saturated rings. The predicted molar refractivity (Wildman–Crippen MR) is 137 cm³/mol. The van der Waals surface area contributed by atoms with E-state index in [4.69, 9.17) is 5.73 Å². The molecular weight excluding hydrogens is 408 g/mol. The van der Waals surface area contributed by atoms with E-state index in [0.29, 0.717) is 17.9 Å². The Labute approximate surface area is 197 Å². The average Bonchev–Trinajstić information content (AvgIpc) is 2.79. The summed E-state index contributed by atoms with van der Waals surface area (Å²) in [6.45, 7) is 10.8. The summed E-state index contributed by atoms with van der Waals surface area (Å²) in [5.41, 5.74) is 14.5. The molecule has 1 aromatic carbocycles. The third-order valence-corrected chi connectivity index (χ3v) is 6.75. The number of pyridine rings is 2. The van der Waals surface area contributed by atoms with E-state index in [1.807, 2.05) is 18.6 Å². The van der Waals surface area contributed by atoms with Crippen molar-refractivity contribution < 1.29 is 0 Å². The maximum atomic E-state index is 11.9. The van der Waals surface area contributed by atoms with E-state index in [-0.39, 0.29) is 5.56 Å². The molecule has 4 rings (SSSR count). The molecule has 0 radical (unpaired) electrons. The maximum absolute atomic E-state index is 11.9. The number of piperidine rings is 1. The van der Waals surface area contributed by atoms with Crippen LogP contribution in [0.1, 0.15) is 74.6 Å². The van der Waals surface area contributed by atoms with Crippen molar-refractivity contribution in [2.24, 2.45) is 5.73 Å². The van der Waals surface area contributed by atoms with Crippen molar-refractivity contribution in [2.45, 2.75) is 64.8 Å². The third-order valence-electron chi connectivity index (χ3n) is 6.75. The molecule has 1 aliphatic rings. The second kappa shape index (κ2) is 9.92. The lowest BCUT2D eigenvalue weighted by atomic mass is 9.90. The standard InChI is InChI=1S/C28H36N4O/c1-18(2)24-16-31-27(33)14-22(24)13-20-5-7-21(8-6-20)25-15-30-17-26(28(25)19(3)4)32-11-9-23(29)10-12-32/h5-8,14-19,23H,9-13,29H2,1-4H3,(H,31,33). The van der Waals surface area contributed by atoms with Crippen LogP contribution in [0.2, 0.25) is 0 Å². The molecule has 0 unspecified atom stereocenters. The van der Waals surface area contributed by atoms with Crippen molar-refractivity contribution in [3.8, 4) is 11.1 Å². The quantitative estimate of drug-likeness (QED) is 0.548. The molecule has 3 N–H and O–H groups in total. The lowest BCUT2D eigenvalue weighted by Gasteiger charge is -2.34. The minimum Gasteiger partial charge on any atom is -0.370 e. The summed E-state index contributed by atoms with van der Waals surface area (Å²) in [5.74, 6) is 0.751. The van der Waals surface area contributed by atoms with E-state index in [1.165, 1.54) is 33.5 Å². The van der Waals surface area contributed by atoms with Crippen molar-refractivity contribution in [1.82, 2.24) is 9.97 Å². The number of hydrogen-bond acceptors (Lipinski definition) is 4. The number of nitrogens with two attached hydrogens (primary N) is 1. The molecule has 3 heterocycles. The molecule has 2 aromatic heterocycles. The Bertz CT molecular complexity index is 1140. The van der Waals surface area contributed by atoms with Gasteiger partial charge in [-0.3, -0.25) is 9.78 Å². The predicted octanol–water partition coefficient (Wildman–Crippen LogP) is 5.20. The summed E-state index contributed by atoms with van der Waals surface area (Å²) >= 11 is 0. The highest BCUT2D eigenvalue weighted by Gasteiger charge is 2.22. The van der Waals surface area contributed by atoms with Gasteiger partial charge in [0.25, 0.3) is 0 Å². The van der Waals surface area contributed by atoms with Crippen molar-refractivity contribution >= 4 is 5.69 Å². The van der Waals surface area contributed by atoms with Crippen molar-refractivity contribution in [1.29, 1.82) is 0 Å². The Morgan fingerprint density at radius 1 is 1.06 bits per heavy atom. The van der Waals surface area contributed by atoms with Crippen LogP contribution in [-0.2, 0) is 6.42 Å². The van der Waals surface area contributed by atoms with Crippen molar-refractivity contribution in [3.05, 3.63) is 81.5 Å². The van der Waals surface area contributed by atoms with Crippen LogP contribution in [-0.4, -0.2) is 29.1 Å². The number of H-pyrrole nitrogens is 1. The first kappa shape index (κ1) is 23.2. The van der Waals surface area contributed by atoms with Crippen LogP contribution in [0.5, 0.6) is 0 Å². The van der Waals surface area contributed by atoms with Crippen molar-refractivity contribution in [3.63, 3.8) is 0 Å². The summed E-state index contributed by atoms with van der Waals surface area (Å²) in [7, 11) is 0. The van der Waals surface area contributed by atoms with Crippen LogP contribution in [0, 0.1) is 0 Å². The molecule has 0 amide bonds. The Morgan fingerprint density at radius 2 is 1.76 bits per heavy atom. The Morgan fingerprint density at radius 3 is 2.39 bits per heavy atom. The zero-order valence-corrected chi connectivity index (χ0v) is 20.3. The zero-order chi connectivity index (χ0) is 23.5. The second-order valence-electron chi connectivity index (χ2n) is 9.91. The average molecular weight is 445 g/mol. The largest absolute Gasteiger partial charge is 0.370 e. The SMILES string of the molecule is CC(C)c1c[nH]c(=O)cc1Cc1ccc(-c2cncc(N3CCC(N)CC3)c2C(C)C)cc1. The minimum atomic E-state index is -0.0471. The van der Waals surface area contributed by atoms with E-state index >= 15 is 0 Å². The van der Waals surface area contributed by atoms with Gasteiger partial charge in [0.05, 0.1) is 11.9 Å². The van der Waals surface area contributed by atoms with Crippen molar-refractivity contribution in [2.75, 3.05) is 18.0 Å². The molecule has 5 nitrogen and oxygen atoms in total. The van der Waals surface area contributed by atoms with E-state index in [1.54, 1.807) is 6.07 Å². The first-order chi connectivity index (χ1) is 15.8. The molecule has 3 aromatic rings. The lowest BCUT2D eigenvalue weighted by molar-refractivity contribution is 0.499. The maximum Gasteiger partial charge on any atom is 0.248 e. The second-order valence-corrected chi connectivity index (χ2v) is 9.91. The smallest absolute Gasteiger partial charge is 0.248 e. The van der Waals surface area contributed by atoms with Gasteiger partial charge in [-0.25, -0.2) is 0 Å². The molecule has 0 aliphatic carbocycles. The van der Waals surface area contributed by atoms with Gasteiger partial charge in [0.2, 0.25) is 5.56 Å². The van der Waals surface area contributed by atoms with Crippen LogP contribution in [0.15, 0.2) is 53.7 Å². The Kier molecular flexibility index (Phi) is 6.99. The third kappa shape index (κ3) is 5.19. The van der Waals surface area contributed by atoms with E-state index in [2.05, 4.69) is 66.8 Å². The highest BCUT2D eigenvalue weighted by molar-refractivity contribution is 5.74. The normalized spacial score (nSPS) is 14.9. The molecule has 0 atom stereocenters. The van der Waals surface area contributed by atoms with Crippen LogP contribution < -0.4 is 16.2 Å². The van der Waals surface area contributed by atoms with Crippen LogP contribution in [0.25, 0.3) is 11.1 Å². The number of rotatable bonds is 6. The number of benzene rings is 1. The monoisotopic (exact) mass is 444 g/mol. The van der Waals surface area contributed by atoms with Gasteiger partial charge in [0.1, 0.15) is 0 Å². The molecular formula is C28H36N4O. The number of aromatic nitrogens is 2. The zero-order valence-electron chi connectivity index (χ0n) is 20.3. The summed E-state index contributed by atoms with van der Waals surface area (Å²) in [5, 5.41) is 0. The number of anilines is 1. The van der Waals surface area contributed by atoms with E-state index in [9.17, 15) is 4.79 Å². The lowest BCUT2D eigenvalue weighted by Crippen LogP contribution is -2.40. The number of hydrogen-bond donors (Lipinski definition) is 2. The van der Waals surface area contributed by atoms with Gasteiger partial charge in [-0.05, 0) is 58.9 Å². The fourth-order valence-electron chi connectivity index (χ4n) is 4.93. The van der Waals surface area contributed by atoms with Gasteiger partial charge >= 0.3 is 0 Å². The van der Waals surface area contributed by atoms with Gasteiger partial charge < -0.3 is 15.6 Å². The molecule has 33 heavy (non-hydrogen) atoms. The number of nitrogens with zero attached hydrogens (tertiary/aromatic N) is 2. The fraction of sp³-hybridized carbons (Fsp3) is 0.429. The van der Waals surface area contributed by atoms with Gasteiger partial charge in [-0.2, -0.15) is 0 Å². The van der Waals surface area contributed by atoms with Crippen LogP contribution in [0.4, 0.5) is 5.69 Å². The molecule has 0 spiro atoms. The number of aromatic amines is 1. The molecule has 1 aliphatic heterocycles. The highest BCUT2D eigenvalue weighted by Crippen LogP contribution is 2.37. The van der Waals surface area contributed by atoms with Crippen LogP contribution >= 0.6 is 0 Å². The van der Waals surface area contributed by atoms with Gasteiger partial charge in [-0.1, -0.05) is 52.0 Å². The molecule has 1 saturated heterocycles. The first-order valence-corrected chi connectivity index (χ1v) is 12.1.